The summed E-state index contributed by atoms with van der Waals surface area (Å²) >= 11 is 5.91. The molecule has 1 aliphatic rings. The zero-order valence-corrected chi connectivity index (χ0v) is 9.52. The van der Waals surface area contributed by atoms with Gasteiger partial charge in [0.15, 0.2) is 12.0 Å². The van der Waals surface area contributed by atoms with Crippen molar-refractivity contribution in [2.45, 2.75) is 0 Å². The molecule has 2 aromatic carbocycles. The maximum atomic E-state index is 11.9. The third-order valence-corrected chi connectivity index (χ3v) is 2.79. The van der Waals surface area contributed by atoms with Gasteiger partial charge >= 0.3 is 0 Å². The van der Waals surface area contributed by atoms with Crippen molar-refractivity contribution in [3.05, 3.63) is 58.3 Å². The Morgan fingerprint density at radius 1 is 1.06 bits per heavy atom. The molecule has 0 aliphatic carbocycles. The van der Waals surface area contributed by atoms with Crippen LogP contribution in [0, 0.1) is 5.21 Å². The third-order valence-electron chi connectivity index (χ3n) is 2.55. The van der Waals surface area contributed by atoms with E-state index in [9.17, 15) is 5.21 Å². The molecule has 1 aliphatic heterocycles. The minimum Gasteiger partial charge on any atom is -0.618 e. The Labute approximate surface area is 103 Å². The van der Waals surface area contributed by atoms with Gasteiger partial charge in [0.2, 0.25) is 0 Å². The normalized spacial score (nSPS) is 12.9. The van der Waals surface area contributed by atoms with Crippen molar-refractivity contribution < 1.29 is 9.48 Å². The summed E-state index contributed by atoms with van der Waals surface area (Å²) in [5.74, 6) is 1.11. The average molecular weight is 246 g/mol. The highest BCUT2D eigenvalue weighted by atomic mass is 35.5. The van der Waals surface area contributed by atoms with Crippen LogP contribution in [0.5, 0.6) is 11.5 Å². The summed E-state index contributed by atoms with van der Waals surface area (Å²) in [6.45, 7) is 0. The highest BCUT2D eigenvalue weighted by Crippen LogP contribution is 2.35. The predicted molar refractivity (Wildman–Crippen MR) is 66.4 cm³/mol. The van der Waals surface area contributed by atoms with Gasteiger partial charge in [-0.05, 0) is 18.2 Å². The zero-order chi connectivity index (χ0) is 11.8. The molecule has 0 unspecified atom stereocenters. The molecule has 0 saturated carbocycles. The first-order chi connectivity index (χ1) is 8.24. The van der Waals surface area contributed by atoms with Crippen LogP contribution in [0.2, 0.25) is 5.02 Å². The van der Waals surface area contributed by atoms with E-state index in [2.05, 4.69) is 0 Å². The molecule has 0 aromatic heterocycles. The number of halogens is 1. The Kier molecular flexibility index (Phi) is 2.27. The fraction of sp³-hybridized carbons (Fsp3) is 0. The van der Waals surface area contributed by atoms with Crippen molar-refractivity contribution in [2.75, 3.05) is 0 Å². The summed E-state index contributed by atoms with van der Waals surface area (Å²) in [4.78, 5) is 0. The molecule has 0 radical (unpaired) electrons. The zero-order valence-electron chi connectivity index (χ0n) is 8.76. The lowest BCUT2D eigenvalue weighted by molar-refractivity contribution is -0.354. The molecule has 0 spiro atoms. The number of rotatable bonds is 0. The van der Waals surface area contributed by atoms with Crippen LogP contribution in [0.4, 0.5) is 5.69 Å². The quantitative estimate of drug-likeness (QED) is 0.524. The molecule has 3 rings (SSSR count). The van der Waals surface area contributed by atoms with E-state index in [0.29, 0.717) is 27.8 Å². The van der Waals surface area contributed by atoms with E-state index in [4.69, 9.17) is 16.3 Å². The molecule has 17 heavy (non-hydrogen) atoms. The summed E-state index contributed by atoms with van der Waals surface area (Å²) < 4.78 is 6.50. The first-order valence-electron chi connectivity index (χ1n) is 5.12. The number of para-hydroxylation sites is 2. The summed E-state index contributed by atoms with van der Waals surface area (Å²) in [5.41, 5.74) is 1.19. The van der Waals surface area contributed by atoms with Crippen LogP contribution in [0.3, 0.4) is 0 Å². The van der Waals surface area contributed by atoms with Gasteiger partial charge in [0.25, 0.3) is 5.69 Å². The number of hydrogen-bond acceptors (Lipinski definition) is 2. The second-order valence-corrected chi connectivity index (χ2v) is 4.14. The maximum Gasteiger partial charge on any atom is 0.259 e. The average Bonchev–Trinajstić information content (AvgIpc) is 2.46. The highest BCUT2D eigenvalue weighted by molar-refractivity contribution is 6.30. The van der Waals surface area contributed by atoms with Gasteiger partial charge in [0.05, 0.1) is 5.56 Å². The van der Waals surface area contributed by atoms with Gasteiger partial charge in [-0.25, -0.2) is 0 Å². The fourth-order valence-corrected chi connectivity index (χ4v) is 1.91. The van der Waals surface area contributed by atoms with Crippen molar-refractivity contribution in [1.82, 2.24) is 0 Å². The molecule has 1 heterocycles. The van der Waals surface area contributed by atoms with Crippen LogP contribution >= 0.6 is 11.6 Å². The van der Waals surface area contributed by atoms with Gasteiger partial charge in [0.1, 0.15) is 5.75 Å². The number of fused-ring (bicyclic) bond motifs is 2. The van der Waals surface area contributed by atoms with Crippen molar-refractivity contribution >= 4 is 23.5 Å². The largest absolute Gasteiger partial charge is 0.618 e. The molecule has 0 fully saturated rings. The maximum absolute atomic E-state index is 11.9. The lowest BCUT2D eigenvalue weighted by atomic mass is 10.2. The SMILES string of the molecule is [O-][N+]1=Cc2ccc(Cl)cc2Oc2ccccc21. The van der Waals surface area contributed by atoms with Crippen molar-refractivity contribution in [1.29, 1.82) is 0 Å². The fourth-order valence-electron chi connectivity index (χ4n) is 1.74. The topological polar surface area (TPSA) is 35.3 Å². The summed E-state index contributed by atoms with van der Waals surface area (Å²) in [7, 11) is 0. The minimum atomic E-state index is 0.486. The van der Waals surface area contributed by atoms with Crippen LogP contribution in [-0.2, 0) is 0 Å². The second kappa shape index (κ2) is 3.79. The Hall–Kier alpha value is -2.00. The van der Waals surface area contributed by atoms with Crippen LogP contribution < -0.4 is 4.74 Å². The molecular weight excluding hydrogens is 238 g/mol. The van der Waals surface area contributed by atoms with E-state index in [1.54, 1.807) is 36.4 Å². The highest BCUT2D eigenvalue weighted by Gasteiger charge is 2.18. The molecule has 0 bridgehead atoms. The number of nitrogens with zero attached hydrogens (tertiary/aromatic N) is 1. The Balaban J connectivity index is 2.24. The standard InChI is InChI=1S/C13H8ClNO2/c14-10-6-5-9-8-15(16)11-3-1-2-4-12(11)17-13(9)7-10/h1-8H. The summed E-state index contributed by atoms with van der Waals surface area (Å²) in [6, 6.07) is 12.3. The van der Waals surface area contributed by atoms with Crippen molar-refractivity contribution in [2.24, 2.45) is 0 Å². The van der Waals surface area contributed by atoms with Gasteiger partial charge in [-0.2, -0.15) is 4.74 Å². The van der Waals surface area contributed by atoms with E-state index in [-0.39, 0.29) is 0 Å². The molecular formula is C13H8ClNO2. The molecule has 84 valence electrons. The van der Waals surface area contributed by atoms with Gasteiger partial charge < -0.3 is 9.94 Å². The first-order valence-corrected chi connectivity index (χ1v) is 5.49. The number of ether oxygens (including phenoxy) is 1. The van der Waals surface area contributed by atoms with Crippen LogP contribution in [0.15, 0.2) is 42.5 Å². The predicted octanol–water partition coefficient (Wildman–Crippen LogP) is 3.71. The van der Waals surface area contributed by atoms with Gasteiger partial charge in [-0.3, -0.25) is 0 Å². The smallest absolute Gasteiger partial charge is 0.259 e. The molecule has 4 heteroatoms. The Morgan fingerprint density at radius 2 is 1.88 bits per heavy atom. The molecule has 0 atom stereocenters. The first kappa shape index (κ1) is 10.2. The van der Waals surface area contributed by atoms with E-state index >= 15 is 0 Å². The monoisotopic (exact) mass is 245 g/mol. The molecule has 3 nitrogen and oxygen atoms in total. The molecule has 2 aromatic rings. The Morgan fingerprint density at radius 3 is 2.76 bits per heavy atom. The lowest BCUT2D eigenvalue weighted by Gasteiger charge is -2.06. The third kappa shape index (κ3) is 1.74. The number of benzene rings is 2. The van der Waals surface area contributed by atoms with E-state index in [0.717, 1.165) is 4.74 Å². The summed E-state index contributed by atoms with van der Waals surface area (Å²) in [5, 5.41) is 12.5. The lowest BCUT2D eigenvalue weighted by Crippen LogP contribution is -1.96. The Bertz CT molecular complexity index is 623. The minimum absolute atomic E-state index is 0.486. The van der Waals surface area contributed by atoms with Gasteiger partial charge in [0, 0.05) is 17.2 Å². The summed E-state index contributed by atoms with van der Waals surface area (Å²) in [6.07, 6.45) is 1.48. The van der Waals surface area contributed by atoms with Crippen molar-refractivity contribution in [3.63, 3.8) is 0 Å². The van der Waals surface area contributed by atoms with E-state index < -0.39 is 0 Å². The molecule has 0 amide bonds. The van der Waals surface area contributed by atoms with E-state index in [1.807, 2.05) is 6.07 Å². The molecule has 0 N–H and O–H groups in total. The van der Waals surface area contributed by atoms with Gasteiger partial charge in [-0.15, -0.1) is 0 Å². The second-order valence-electron chi connectivity index (χ2n) is 3.71. The number of hydrogen-bond donors (Lipinski definition) is 0. The van der Waals surface area contributed by atoms with Gasteiger partial charge in [-0.1, -0.05) is 23.7 Å². The van der Waals surface area contributed by atoms with Crippen LogP contribution in [0.25, 0.3) is 0 Å². The van der Waals surface area contributed by atoms with Crippen LogP contribution in [-0.4, -0.2) is 11.0 Å². The van der Waals surface area contributed by atoms with Crippen LogP contribution in [0.1, 0.15) is 5.56 Å². The molecule has 0 saturated heterocycles. The van der Waals surface area contributed by atoms with Crippen molar-refractivity contribution in [3.8, 4) is 11.5 Å². The van der Waals surface area contributed by atoms with E-state index in [1.165, 1.54) is 6.21 Å².